The fourth-order valence-electron chi connectivity index (χ4n) is 3.35. The lowest BCUT2D eigenvalue weighted by Crippen LogP contribution is -2.36. The van der Waals surface area contributed by atoms with Gasteiger partial charge in [0.1, 0.15) is 5.76 Å². The average Bonchev–Trinajstić information content (AvgIpc) is 2.79. The molecular weight excluding hydrogens is 290 g/mol. The van der Waals surface area contributed by atoms with Crippen LogP contribution >= 0.6 is 0 Å². The predicted octanol–water partition coefficient (Wildman–Crippen LogP) is 3.37. The lowest BCUT2D eigenvalue weighted by atomic mass is 10.0. The normalized spacial score (nSPS) is 18.7. The Morgan fingerprint density at radius 3 is 2.74 bits per heavy atom. The molecule has 1 atom stereocenters. The molecule has 5 nitrogen and oxygen atoms in total. The van der Waals surface area contributed by atoms with Crippen LogP contribution in [0.3, 0.4) is 0 Å². The minimum absolute atomic E-state index is 0.147. The first-order valence-electron chi connectivity index (χ1n) is 8.28. The minimum atomic E-state index is 0.147. The first-order chi connectivity index (χ1) is 11.2. The van der Waals surface area contributed by atoms with Crippen LogP contribution in [0.15, 0.2) is 29.0 Å². The van der Waals surface area contributed by atoms with Crippen molar-refractivity contribution in [2.75, 3.05) is 6.54 Å². The average molecular weight is 313 g/mol. The van der Waals surface area contributed by atoms with E-state index in [0.29, 0.717) is 6.42 Å². The smallest absolute Gasteiger partial charge is 0.227 e. The van der Waals surface area contributed by atoms with Gasteiger partial charge in [-0.2, -0.15) is 0 Å². The maximum atomic E-state index is 12.9. The molecule has 1 amide bonds. The second-order valence-corrected chi connectivity index (χ2v) is 6.21. The molecule has 0 saturated carbocycles. The van der Waals surface area contributed by atoms with Crippen molar-refractivity contribution in [2.24, 2.45) is 0 Å². The Morgan fingerprint density at radius 1 is 1.26 bits per heavy atom. The second kappa shape index (κ2) is 6.94. The zero-order valence-corrected chi connectivity index (χ0v) is 13.8. The number of aromatic nitrogens is 2. The van der Waals surface area contributed by atoms with E-state index in [1.165, 1.54) is 12.0 Å². The van der Waals surface area contributed by atoms with Crippen molar-refractivity contribution in [2.45, 2.75) is 52.0 Å². The van der Waals surface area contributed by atoms with Gasteiger partial charge in [0, 0.05) is 24.5 Å². The zero-order valence-electron chi connectivity index (χ0n) is 13.8. The fraction of sp³-hybridized carbons (Fsp3) is 0.500. The highest BCUT2D eigenvalue weighted by atomic mass is 16.5. The summed E-state index contributed by atoms with van der Waals surface area (Å²) in [7, 11) is 0. The van der Waals surface area contributed by atoms with Crippen LogP contribution in [0.2, 0.25) is 0 Å². The molecule has 0 aliphatic carbocycles. The van der Waals surface area contributed by atoms with Crippen LogP contribution < -0.4 is 0 Å². The summed E-state index contributed by atoms with van der Waals surface area (Å²) >= 11 is 0. The van der Waals surface area contributed by atoms with E-state index < -0.39 is 0 Å². The molecule has 3 heterocycles. The van der Waals surface area contributed by atoms with Gasteiger partial charge in [0.25, 0.3) is 0 Å². The molecule has 2 aromatic heterocycles. The number of rotatable bonds is 3. The van der Waals surface area contributed by atoms with Crippen molar-refractivity contribution >= 4 is 5.91 Å². The van der Waals surface area contributed by atoms with Gasteiger partial charge in [-0.1, -0.05) is 18.0 Å². The molecule has 1 unspecified atom stereocenters. The summed E-state index contributed by atoms with van der Waals surface area (Å²) < 4.78 is 5.19. The van der Waals surface area contributed by atoms with Gasteiger partial charge in [-0.3, -0.25) is 9.78 Å². The number of carbonyl (C=O) groups excluding carboxylic acids is 1. The highest BCUT2D eigenvalue weighted by molar-refractivity contribution is 5.79. The predicted molar refractivity (Wildman–Crippen MR) is 86.8 cm³/mol. The van der Waals surface area contributed by atoms with Gasteiger partial charge < -0.3 is 9.42 Å². The maximum Gasteiger partial charge on any atom is 0.227 e. The molecule has 23 heavy (non-hydrogen) atoms. The van der Waals surface area contributed by atoms with E-state index in [0.717, 1.165) is 42.8 Å². The molecule has 122 valence electrons. The number of pyridine rings is 1. The van der Waals surface area contributed by atoms with E-state index in [-0.39, 0.29) is 11.9 Å². The topological polar surface area (TPSA) is 59.2 Å². The van der Waals surface area contributed by atoms with E-state index in [1.54, 1.807) is 12.4 Å². The monoisotopic (exact) mass is 313 g/mol. The van der Waals surface area contributed by atoms with E-state index >= 15 is 0 Å². The van der Waals surface area contributed by atoms with Gasteiger partial charge in [-0.05, 0) is 44.4 Å². The Bertz CT molecular complexity index is 647. The summed E-state index contributed by atoms with van der Waals surface area (Å²) in [4.78, 5) is 19.1. The molecule has 1 aliphatic rings. The molecule has 3 rings (SSSR count). The molecule has 1 saturated heterocycles. The Hall–Kier alpha value is -2.17. The quantitative estimate of drug-likeness (QED) is 0.871. The van der Waals surface area contributed by atoms with Crippen molar-refractivity contribution in [1.29, 1.82) is 0 Å². The number of hydrogen-bond acceptors (Lipinski definition) is 4. The summed E-state index contributed by atoms with van der Waals surface area (Å²) in [5, 5.41) is 3.96. The molecule has 2 aromatic rings. The number of nitrogens with zero attached hydrogens (tertiary/aromatic N) is 3. The largest absolute Gasteiger partial charge is 0.361 e. The Labute approximate surface area is 136 Å². The third-order valence-electron chi connectivity index (χ3n) is 4.67. The van der Waals surface area contributed by atoms with E-state index in [4.69, 9.17) is 4.52 Å². The van der Waals surface area contributed by atoms with E-state index in [2.05, 4.69) is 10.1 Å². The molecule has 0 radical (unpaired) electrons. The first kappa shape index (κ1) is 15.7. The fourth-order valence-corrected chi connectivity index (χ4v) is 3.35. The summed E-state index contributed by atoms with van der Waals surface area (Å²) in [5.41, 5.74) is 2.91. The van der Waals surface area contributed by atoms with Gasteiger partial charge in [0.05, 0.1) is 18.2 Å². The third-order valence-corrected chi connectivity index (χ3v) is 4.67. The van der Waals surface area contributed by atoms with Gasteiger partial charge >= 0.3 is 0 Å². The lowest BCUT2D eigenvalue weighted by Gasteiger charge is -2.30. The first-order valence-corrected chi connectivity index (χ1v) is 8.28. The molecule has 1 fully saturated rings. The van der Waals surface area contributed by atoms with Crippen LogP contribution in [0.1, 0.15) is 54.3 Å². The molecule has 0 N–H and O–H groups in total. The number of aryl methyl sites for hydroxylation is 2. The van der Waals surface area contributed by atoms with Gasteiger partial charge in [-0.25, -0.2) is 0 Å². The van der Waals surface area contributed by atoms with Crippen LogP contribution in [0.5, 0.6) is 0 Å². The molecule has 1 aliphatic heterocycles. The SMILES string of the molecule is Cc1noc(C)c1CC(=O)N1CCCCCC1c1ccncc1. The number of carbonyl (C=O) groups is 1. The summed E-state index contributed by atoms with van der Waals surface area (Å²) in [5.74, 6) is 0.897. The van der Waals surface area contributed by atoms with Crippen LogP contribution in [0, 0.1) is 13.8 Å². The molecule has 5 heteroatoms. The van der Waals surface area contributed by atoms with E-state index in [9.17, 15) is 4.79 Å². The molecule has 0 aromatic carbocycles. The Morgan fingerprint density at radius 2 is 2.04 bits per heavy atom. The molecule has 0 spiro atoms. The zero-order chi connectivity index (χ0) is 16.2. The summed E-state index contributed by atoms with van der Waals surface area (Å²) in [6, 6.07) is 4.19. The third kappa shape index (κ3) is 3.44. The van der Waals surface area contributed by atoms with Crippen LogP contribution in [0.25, 0.3) is 0 Å². The Balaban J connectivity index is 1.83. The second-order valence-electron chi connectivity index (χ2n) is 6.21. The molecule has 0 bridgehead atoms. The minimum Gasteiger partial charge on any atom is -0.361 e. The Kier molecular flexibility index (Phi) is 4.74. The summed E-state index contributed by atoms with van der Waals surface area (Å²) in [6.45, 7) is 4.57. The van der Waals surface area contributed by atoms with Crippen molar-refractivity contribution < 1.29 is 9.32 Å². The van der Waals surface area contributed by atoms with Crippen LogP contribution in [-0.4, -0.2) is 27.5 Å². The van der Waals surface area contributed by atoms with Gasteiger partial charge in [0.2, 0.25) is 5.91 Å². The maximum absolute atomic E-state index is 12.9. The van der Waals surface area contributed by atoms with Crippen molar-refractivity contribution in [3.8, 4) is 0 Å². The lowest BCUT2D eigenvalue weighted by molar-refractivity contribution is -0.133. The number of amides is 1. The van der Waals surface area contributed by atoms with Gasteiger partial charge in [-0.15, -0.1) is 0 Å². The van der Waals surface area contributed by atoms with Crippen LogP contribution in [0.4, 0.5) is 0 Å². The van der Waals surface area contributed by atoms with Crippen molar-refractivity contribution in [3.05, 3.63) is 47.1 Å². The van der Waals surface area contributed by atoms with Crippen molar-refractivity contribution in [1.82, 2.24) is 15.0 Å². The molecular formula is C18H23N3O2. The van der Waals surface area contributed by atoms with Crippen LogP contribution in [-0.2, 0) is 11.2 Å². The highest BCUT2D eigenvalue weighted by Crippen LogP contribution is 2.30. The number of hydrogen-bond donors (Lipinski definition) is 0. The van der Waals surface area contributed by atoms with Crippen molar-refractivity contribution in [3.63, 3.8) is 0 Å². The standard InChI is InChI=1S/C18H23N3O2/c1-13-16(14(2)23-20-13)12-18(22)21-11-5-3-4-6-17(21)15-7-9-19-10-8-15/h7-10,17H,3-6,11-12H2,1-2H3. The van der Waals surface area contributed by atoms with Gasteiger partial charge in [0.15, 0.2) is 0 Å². The number of likely N-dealkylation sites (tertiary alicyclic amines) is 1. The summed E-state index contributed by atoms with van der Waals surface area (Å²) in [6.07, 6.45) is 8.38. The van der Waals surface area contributed by atoms with E-state index in [1.807, 2.05) is 30.9 Å². The highest BCUT2D eigenvalue weighted by Gasteiger charge is 2.27.